The molecular weight excluding hydrogens is 218 g/mol. The van der Waals surface area contributed by atoms with Gasteiger partial charge in [-0.2, -0.15) is 0 Å². The van der Waals surface area contributed by atoms with E-state index in [2.05, 4.69) is 4.98 Å². The second kappa shape index (κ2) is 3.40. The van der Waals surface area contributed by atoms with Crippen molar-refractivity contribution in [2.45, 2.75) is 0 Å². The lowest BCUT2D eigenvalue weighted by Crippen LogP contribution is -2.01. The Morgan fingerprint density at radius 3 is 2.73 bits per heavy atom. The standard InChI is InChI=1S/C10H6ClNO3/c11-6-1-2-7(13)5-3-4-12-9(8(5)6)10(14)15/h1-4,13H,(H,14,15). The van der Waals surface area contributed by atoms with Gasteiger partial charge in [0.05, 0.1) is 5.02 Å². The Hall–Kier alpha value is -1.81. The van der Waals surface area contributed by atoms with Gasteiger partial charge in [0.2, 0.25) is 0 Å². The number of carbonyl (C=O) groups is 1. The van der Waals surface area contributed by atoms with Crippen molar-refractivity contribution in [2.75, 3.05) is 0 Å². The number of hydrogen-bond donors (Lipinski definition) is 2. The average molecular weight is 224 g/mol. The van der Waals surface area contributed by atoms with Crippen molar-refractivity contribution in [1.29, 1.82) is 0 Å². The monoisotopic (exact) mass is 223 g/mol. The summed E-state index contributed by atoms with van der Waals surface area (Å²) in [5.41, 5.74) is -0.159. The number of carboxylic acid groups (broad SMARTS) is 1. The first-order chi connectivity index (χ1) is 7.11. The molecule has 0 bridgehead atoms. The van der Waals surface area contributed by atoms with E-state index in [9.17, 15) is 9.90 Å². The third kappa shape index (κ3) is 1.49. The van der Waals surface area contributed by atoms with Crippen molar-refractivity contribution in [3.8, 4) is 5.75 Å². The molecule has 0 aliphatic heterocycles. The van der Waals surface area contributed by atoms with E-state index in [4.69, 9.17) is 16.7 Å². The van der Waals surface area contributed by atoms with Crippen LogP contribution in [0.25, 0.3) is 10.8 Å². The van der Waals surface area contributed by atoms with Gasteiger partial charge in [0.1, 0.15) is 5.75 Å². The van der Waals surface area contributed by atoms with E-state index >= 15 is 0 Å². The van der Waals surface area contributed by atoms with Crippen molar-refractivity contribution in [3.05, 3.63) is 35.1 Å². The van der Waals surface area contributed by atoms with Crippen LogP contribution in [0.2, 0.25) is 5.02 Å². The van der Waals surface area contributed by atoms with Crippen LogP contribution in [0.1, 0.15) is 10.5 Å². The lowest BCUT2D eigenvalue weighted by atomic mass is 10.1. The molecule has 0 aliphatic rings. The number of hydrogen-bond acceptors (Lipinski definition) is 3. The van der Waals surface area contributed by atoms with Crippen LogP contribution in [-0.2, 0) is 0 Å². The molecule has 0 radical (unpaired) electrons. The van der Waals surface area contributed by atoms with E-state index in [0.717, 1.165) is 0 Å². The molecule has 0 unspecified atom stereocenters. The molecular formula is C10H6ClNO3. The number of aromatic carboxylic acids is 1. The molecule has 0 saturated heterocycles. The van der Waals surface area contributed by atoms with E-state index in [1.54, 1.807) is 0 Å². The van der Waals surface area contributed by atoms with Crippen LogP contribution in [0, 0.1) is 0 Å². The number of fused-ring (bicyclic) bond motifs is 1. The topological polar surface area (TPSA) is 70.4 Å². The zero-order chi connectivity index (χ0) is 11.0. The maximum atomic E-state index is 10.9. The number of benzene rings is 1. The number of carboxylic acids is 1. The number of rotatable bonds is 1. The van der Waals surface area contributed by atoms with Crippen LogP contribution in [-0.4, -0.2) is 21.2 Å². The third-order valence-corrected chi connectivity index (χ3v) is 2.37. The molecule has 0 spiro atoms. The predicted molar refractivity (Wildman–Crippen MR) is 55.4 cm³/mol. The van der Waals surface area contributed by atoms with Gasteiger partial charge in [-0.05, 0) is 18.2 Å². The van der Waals surface area contributed by atoms with Crippen LogP contribution in [0.3, 0.4) is 0 Å². The molecule has 4 nitrogen and oxygen atoms in total. The summed E-state index contributed by atoms with van der Waals surface area (Å²) in [5, 5.41) is 19.3. The number of aromatic nitrogens is 1. The summed E-state index contributed by atoms with van der Waals surface area (Å²) in [5.74, 6) is -1.19. The molecule has 0 fully saturated rings. The van der Waals surface area contributed by atoms with Crippen molar-refractivity contribution in [3.63, 3.8) is 0 Å². The van der Waals surface area contributed by atoms with Gasteiger partial charge in [-0.3, -0.25) is 0 Å². The minimum atomic E-state index is -1.17. The molecule has 0 saturated carbocycles. The average Bonchev–Trinajstić information content (AvgIpc) is 2.23. The summed E-state index contributed by atoms with van der Waals surface area (Å²) >= 11 is 5.86. The fourth-order valence-electron chi connectivity index (χ4n) is 1.40. The quantitative estimate of drug-likeness (QED) is 0.778. The Kier molecular flexibility index (Phi) is 2.21. The van der Waals surface area contributed by atoms with Gasteiger partial charge in [0.25, 0.3) is 0 Å². The van der Waals surface area contributed by atoms with Crippen LogP contribution >= 0.6 is 11.6 Å². The first-order valence-electron chi connectivity index (χ1n) is 4.10. The SMILES string of the molecule is O=C(O)c1nccc2c(O)ccc(Cl)c12. The smallest absolute Gasteiger partial charge is 0.355 e. The first-order valence-corrected chi connectivity index (χ1v) is 4.48. The molecule has 2 N–H and O–H groups in total. The van der Waals surface area contributed by atoms with Gasteiger partial charge in [-0.15, -0.1) is 0 Å². The molecule has 15 heavy (non-hydrogen) atoms. The third-order valence-electron chi connectivity index (χ3n) is 2.06. The Morgan fingerprint density at radius 2 is 2.07 bits per heavy atom. The van der Waals surface area contributed by atoms with Crippen LogP contribution in [0.5, 0.6) is 5.75 Å². The van der Waals surface area contributed by atoms with E-state index in [-0.39, 0.29) is 21.9 Å². The van der Waals surface area contributed by atoms with Gasteiger partial charge in [0, 0.05) is 17.0 Å². The van der Waals surface area contributed by atoms with Gasteiger partial charge in [-0.1, -0.05) is 11.6 Å². The summed E-state index contributed by atoms with van der Waals surface area (Å²) in [6, 6.07) is 4.37. The van der Waals surface area contributed by atoms with Gasteiger partial charge in [0.15, 0.2) is 5.69 Å². The Bertz CT molecular complexity index is 554. The summed E-state index contributed by atoms with van der Waals surface area (Å²) < 4.78 is 0. The Balaban J connectivity index is 2.96. The lowest BCUT2D eigenvalue weighted by Gasteiger charge is -2.05. The molecule has 0 atom stereocenters. The van der Waals surface area contributed by atoms with Gasteiger partial charge in [-0.25, -0.2) is 9.78 Å². The molecule has 2 aromatic rings. The Labute approximate surface area is 89.8 Å². The van der Waals surface area contributed by atoms with Crippen LogP contribution < -0.4 is 0 Å². The predicted octanol–water partition coefficient (Wildman–Crippen LogP) is 2.29. The minimum Gasteiger partial charge on any atom is -0.507 e. The number of halogens is 1. The number of phenolic OH excluding ortho intramolecular Hbond substituents is 1. The largest absolute Gasteiger partial charge is 0.507 e. The van der Waals surface area contributed by atoms with E-state index in [0.29, 0.717) is 5.39 Å². The summed E-state index contributed by atoms with van der Waals surface area (Å²) in [7, 11) is 0. The van der Waals surface area contributed by atoms with Gasteiger partial charge < -0.3 is 10.2 Å². The number of nitrogens with zero attached hydrogens (tertiary/aromatic N) is 1. The van der Waals surface area contributed by atoms with Crippen molar-refractivity contribution >= 4 is 28.3 Å². The number of aromatic hydroxyl groups is 1. The molecule has 5 heteroatoms. The fraction of sp³-hybridized carbons (Fsp3) is 0. The molecule has 1 aromatic carbocycles. The van der Waals surface area contributed by atoms with Crippen molar-refractivity contribution < 1.29 is 15.0 Å². The zero-order valence-corrected chi connectivity index (χ0v) is 8.19. The van der Waals surface area contributed by atoms with Crippen LogP contribution in [0.15, 0.2) is 24.4 Å². The summed E-state index contributed by atoms with van der Waals surface area (Å²) in [4.78, 5) is 14.6. The number of phenols is 1. The van der Waals surface area contributed by atoms with Gasteiger partial charge >= 0.3 is 5.97 Å². The highest BCUT2D eigenvalue weighted by atomic mass is 35.5. The maximum Gasteiger partial charge on any atom is 0.355 e. The number of pyridine rings is 1. The molecule has 1 heterocycles. The van der Waals surface area contributed by atoms with E-state index in [1.807, 2.05) is 0 Å². The highest BCUT2D eigenvalue weighted by Gasteiger charge is 2.14. The normalized spacial score (nSPS) is 10.5. The summed E-state index contributed by atoms with van der Waals surface area (Å²) in [6.07, 6.45) is 1.32. The minimum absolute atomic E-state index is 0.0145. The second-order valence-corrected chi connectivity index (χ2v) is 3.36. The molecule has 0 aliphatic carbocycles. The van der Waals surface area contributed by atoms with E-state index in [1.165, 1.54) is 24.4 Å². The molecule has 1 aromatic heterocycles. The van der Waals surface area contributed by atoms with Crippen molar-refractivity contribution in [2.24, 2.45) is 0 Å². The highest BCUT2D eigenvalue weighted by Crippen LogP contribution is 2.31. The van der Waals surface area contributed by atoms with Crippen molar-refractivity contribution in [1.82, 2.24) is 4.98 Å². The summed E-state index contributed by atoms with van der Waals surface area (Å²) in [6.45, 7) is 0. The maximum absolute atomic E-state index is 10.9. The molecule has 2 rings (SSSR count). The highest BCUT2D eigenvalue weighted by molar-refractivity contribution is 6.36. The molecule has 0 amide bonds. The first kappa shape index (κ1) is 9.73. The lowest BCUT2D eigenvalue weighted by molar-refractivity contribution is 0.0693. The zero-order valence-electron chi connectivity index (χ0n) is 7.44. The molecule has 76 valence electrons. The second-order valence-electron chi connectivity index (χ2n) is 2.95. The Morgan fingerprint density at radius 1 is 1.33 bits per heavy atom. The van der Waals surface area contributed by atoms with Crippen LogP contribution in [0.4, 0.5) is 0 Å². The van der Waals surface area contributed by atoms with E-state index < -0.39 is 5.97 Å². The fourth-order valence-corrected chi connectivity index (χ4v) is 1.66.